The van der Waals surface area contributed by atoms with Crippen molar-refractivity contribution in [2.24, 2.45) is 0 Å². The van der Waals surface area contributed by atoms with Crippen molar-refractivity contribution in [2.75, 3.05) is 12.3 Å². The predicted octanol–water partition coefficient (Wildman–Crippen LogP) is 1.02. The zero-order chi connectivity index (χ0) is 13.8. The van der Waals surface area contributed by atoms with Gasteiger partial charge in [0.15, 0.2) is 0 Å². The van der Waals surface area contributed by atoms with Gasteiger partial charge in [0.25, 0.3) is 0 Å². The summed E-state index contributed by atoms with van der Waals surface area (Å²) in [6.07, 6.45) is 0.714. The summed E-state index contributed by atoms with van der Waals surface area (Å²) in [5, 5.41) is 9.52. The molecule has 1 aromatic rings. The molecule has 0 aliphatic rings. The molecule has 0 aliphatic carbocycles. The van der Waals surface area contributed by atoms with Gasteiger partial charge < -0.3 is 10.8 Å². The minimum Gasteiger partial charge on any atom is -0.399 e. The van der Waals surface area contributed by atoms with Crippen LogP contribution >= 0.6 is 0 Å². The SMILES string of the molecule is CCCC(O)CNS(=O)(=O)c1cc(C)cc(N)c1. The largest absolute Gasteiger partial charge is 0.399 e. The number of aliphatic hydroxyl groups excluding tert-OH is 1. The van der Waals surface area contributed by atoms with E-state index in [4.69, 9.17) is 5.73 Å². The molecule has 0 heterocycles. The van der Waals surface area contributed by atoms with Gasteiger partial charge in [0.2, 0.25) is 10.0 Å². The summed E-state index contributed by atoms with van der Waals surface area (Å²) in [5.74, 6) is 0. The third-order valence-corrected chi connectivity index (χ3v) is 3.92. The summed E-state index contributed by atoms with van der Waals surface area (Å²) in [4.78, 5) is 0.128. The third-order valence-electron chi connectivity index (χ3n) is 2.51. The second-order valence-corrected chi connectivity index (χ2v) is 6.14. The van der Waals surface area contributed by atoms with E-state index < -0.39 is 16.1 Å². The Balaban J connectivity index is 2.80. The minimum absolute atomic E-state index is 0.0179. The molecular weight excluding hydrogens is 252 g/mol. The van der Waals surface area contributed by atoms with Gasteiger partial charge in [-0.1, -0.05) is 13.3 Å². The molecule has 4 N–H and O–H groups in total. The number of aliphatic hydroxyl groups is 1. The van der Waals surface area contributed by atoms with E-state index >= 15 is 0 Å². The summed E-state index contributed by atoms with van der Waals surface area (Å²) >= 11 is 0. The van der Waals surface area contributed by atoms with E-state index in [-0.39, 0.29) is 11.4 Å². The van der Waals surface area contributed by atoms with Gasteiger partial charge in [0.05, 0.1) is 11.0 Å². The highest BCUT2D eigenvalue weighted by atomic mass is 32.2. The first kappa shape index (κ1) is 14.9. The van der Waals surface area contributed by atoms with Crippen LogP contribution in [0.3, 0.4) is 0 Å². The Hall–Kier alpha value is -1.11. The Labute approximate surface area is 108 Å². The number of anilines is 1. The van der Waals surface area contributed by atoms with Crippen molar-refractivity contribution in [3.05, 3.63) is 23.8 Å². The fraction of sp³-hybridized carbons (Fsp3) is 0.500. The maximum atomic E-state index is 12.0. The second-order valence-electron chi connectivity index (χ2n) is 4.37. The van der Waals surface area contributed by atoms with Crippen molar-refractivity contribution in [3.8, 4) is 0 Å². The number of hydrogen-bond acceptors (Lipinski definition) is 4. The molecule has 0 bridgehead atoms. The number of nitrogen functional groups attached to an aromatic ring is 1. The van der Waals surface area contributed by atoms with E-state index in [0.29, 0.717) is 12.1 Å². The fourth-order valence-electron chi connectivity index (χ4n) is 1.66. The maximum absolute atomic E-state index is 12.0. The Morgan fingerprint density at radius 3 is 2.61 bits per heavy atom. The van der Waals surface area contributed by atoms with Crippen LogP contribution in [0.2, 0.25) is 0 Å². The summed E-state index contributed by atoms with van der Waals surface area (Å²) in [6, 6.07) is 4.65. The number of rotatable bonds is 6. The van der Waals surface area contributed by atoms with Crippen molar-refractivity contribution in [3.63, 3.8) is 0 Å². The molecule has 0 aromatic heterocycles. The average molecular weight is 272 g/mol. The molecule has 1 unspecified atom stereocenters. The quantitative estimate of drug-likeness (QED) is 0.674. The van der Waals surface area contributed by atoms with E-state index in [0.717, 1.165) is 12.0 Å². The highest BCUT2D eigenvalue weighted by molar-refractivity contribution is 7.89. The van der Waals surface area contributed by atoms with E-state index in [9.17, 15) is 13.5 Å². The molecule has 1 atom stereocenters. The van der Waals surface area contributed by atoms with E-state index in [2.05, 4.69) is 4.72 Å². The van der Waals surface area contributed by atoms with Crippen LogP contribution in [0.15, 0.2) is 23.1 Å². The third kappa shape index (κ3) is 4.29. The summed E-state index contributed by atoms with van der Waals surface area (Å²) in [6.45, 7) is 3.73. The molecule has 0 saturated carbocycles. The Morgan fingerprint density at radius 2 is 2.06 bits per heavy atom. The van der Waals surface area contributed by atoms with Gasteiger partial charge in [0, 0.05) is 12.2 Å². The lowest BCUT2D eigenvalue weighted by atomic mass is 10.2. The number of aryl methyl sites for hydroxylation is 1. The van der Waals surface area contributed by atoms with Crippen LogP contribution in [0.4, 0.5) is 5.69 Å². The number of nitrogens with two attached hydrogens (primary N) is 1. The molecule has 0 saturated heterocycles. The summed E-state index contributed by atoms with van der Waals surface area (Å²) in [7, 11) is -3.61. The number of sulfonamides is 1. The predicted molar refractivity (Wildman–Crippen MR) is 71.7 cm³/mol. The van der Waals surface area contributed by atoms with Crippen LogP contribution in [0.1, 0.15) is 25.3 Å². The molecule has 0 spiro atoms. The molecule has 102 valence electrons. The molecule has 0 radical (unpaired) electrons. The van der Waals surface area contributed by atoms with Crippen LogP contribution < -0.4 is 10.5 Å². The molecule has 18 heavy (non-hydrogen) atoms. The van der Waals surface area contributed by atoms with Crippen molar-refractivity contribution in [2.45, 2.75) is 37.7 Å². The van der Waals surface area contributed by atoms with Gasteiger partial charge in [-0.25, -0.2) is 13.1 Å². The molecule has 5 nitrogen and oxygen atoms in total. The first-order valence-corrected chi connectivity index (χ1v) is 7.38. The number of hydrogen-bond donors (Lipinski definition) is 3. The minimum atomic E-state index is -3.61. The highest BCUT2D eigenvalue weighted by Crippen LogP contribution is 2.16. The summed E-state index contributed by atoms with van der Waals surface area (Å²) < 4.78 is 26.3. The van der Waals surface area contributed by atoms with E-state index in [1.807, 2.05) is 6.92 Å². The van der Waals surface area contributed by atoms with Gasteiger partial charge in [-0.3, -0.25) is 0 Å². The van der Waals surface area contributed by atoms with Crippen LogP contribution in [-0.2, 0) is 10.0 Å². The molecular formula is C12H20N2O3S. The number of benzene rings is 1. The first-order chi connectivity index (χ1) is 8.35. The van der Waals surface area contributed by atoms with Gasteiger partial charge in [-0.2, -0.15) is 0 Å². The van der Waals surface area contributed by atoms with Gasteiger partial charge in [-0.15, -0.1) is 0 Å². The van der Waals surface area contributed by atoms with Crippen molar-refractivity contribution >= 4 is 15.7 Å². The van der Waals surface area contributed by atoms with Crippen molar-refractivity contribution in [1.29, 1.82) is 0 Å². The standard InChI is InChI=1S/C12H20N2O3S/c1-3-4-11(15)8-14-18(16,17)12-6-9(2)5-10(13)7-12/h5-7,11,14-15H,3-4,8,13H2,1-2H3. The second kappa shape index (κ2) is 6.17. The van der Waals surface area contributed by atoms with Crippen molar-refractivity contribution in [1.82, 2.24) is 4.72 Å². The van der Waals surface area contributed by atoms with Crippen molar-refractivity contribution < 1.29 is 13.5 Å². The van der Waals surface area contributed by atoms with Gasteiger partial charge >= 0.3 is 0 Å². The molecule has 1 aromatic carbocycles. The molecule has 0 aliphatic heterocycles. The van der Waals surface area contributed by atoms with Crippen LogP contribution in [0.25, 0.3) is 0 Å². The van der Waals surface area contributed by atoms with E-state index in [1.54, 1.807) is 19.1 Å². The van der Waals surface area contributed by atoms with Crippen LogP contribution in [0, 0.1) is 6.92 Å². The molecule has 1 rings (SSSR count). The lowest BCUT2D eigenvalue weighted by Gasteiger charge is -2.12. The Kier molecular flexibility index (Phi) is 5.13. The number of nitrogens with one attached hydrogen (secondary N) is 1. The highest BCUT2D eigenvalue weighted by Gasteiger charge is 2.16. The Morgan fingerprint density at radius 1 is 1.39 bits per heavy atom. The lowest BCUT2D eigenvalue weighted by Crippen LogP contribution is -2.32. The van der Waals surface area contributed by atoms with E-state index in [1.165, 1.54) is 6.07 Å². The van der Waals surface area contributed by atoms with Gasteiger partial charge in [-0.05, 0) is 37.1 Å². The zero-order valence-electron chi connectivity index (χ0n) is 10.7. The van der Waals surface area contributed by atoms with Gasteiger partial charge in [0.1, 0.15) is 0 Å². The average Bonchev–Trinajstić information content (AvgIpc) is 2.26. The maximum Gasteiger partial charge on any atom is 0.240 e. The zero-order valence-corrected chi connectivity index (χ0v) is 11.5. The monoisotopic (exact) mass is 272 g/mol. The summed E-state index contributed by atoms with van der Waals surface area (Å²) in [5.41, 5.74) is 6.81. The smallest absolute Gasteiger partial charge is 0.240 e. The van der Waals surface area contributed by atoms with Crippen LogP contribution in [0.5, 0.6) is 0 Å². The molecule has 6 heteroatoms. The molecule has 0 fully saturated rings. The lowest BCUT2D eigenvalue weighted by molar-refractivity contribution is 0.167. The fourth-order valence-corrected chi connectivity index (χ4v) is 2.87. The Bertz CT molecular complexity index is 480. The normalized spacial score (nSPS) is 13.5. The first-order valence-electron chi connectivity index (χ1n) is 5.90. The topological polar surface area (TPSA) is 92.4 Å². The molecule has 0 amide bonds. The van der Waals surface area contributed by atoms with Crippen LogP contribution in [-0.4, -0.2) is 26.2 Å².